The van der Waals surface area contributed by atoms with E-state index in [9.17, 15) is 0 Å². The molecule has 0 bridgehead atoms. The SMILES string of the molecule is NC(/C=C(\NCc1ccc(-c2c3ccccc3cc3c2ccc2ccccc23)cc1)c1ccc2c(ccc3ccccc32)c1)c1ccc(-c2ccccc2)cc1. The Hall–Kier alpha value is -7.00. The summed E-state index contributed by atoms with van der Waals surface area (Å²) < 4.78 is 0. The number of rotatable bonds is 8. The molecule has 0 saturated heterocycles. The van der Waals surface area contributed by atoms with Crippen LogP contribution >= 0.6 is 0 Å². The van der Waals surface area contributed by atoms with Crippen molar-refractivity contribution in [2.45, 2.75) is 12.6 Å². The fraction of sp³-hybridized carbons (Fsp3) is 0.0370. The summed E-state index contributed by atoms with van der Waals surface area (Å²) >= 11 is 0. The third kappa shape index (κ3) is 6.26. The summed E-state index contributed by atoms with van der Waals surface area (Å²) in [5.74, 6) is 0. The van der Waals surface area contributed by atoms with Gasteiger partial charge in [-0.3, -0.25) is 0 Å². The van der Waals surface area contributed by atoms with Gasteiger partial charge in [0, 0.05) is 12.2 Å². The highest BCUT2D eigenvalue weighted by atomic mass is 14.9. The van der Waals surface area contributed by atoms with Crippen LogP contribution in [0.15, 0.2) is 206 Å². The maximum atomic E-state index is 6.97. The summed E-state index contributed by atoms with van der Waals surface area (Å²) in [4.78, 5) is 0. The second-order valence-corrected chi connectivity index (χ2v) is 14.7. The van der Waals surface area contributed by atoms with Gasteiger partial charge in [-0.15, -0.1) is 0 Å². The Kier molecular flexibility index (Phi) is 8.59. The normalized spacial score (nSPS) is 12.5. The van der Waals surface area contributed by atoms with Crippen LogP contribution in [0, 0.1) is 0 Å². The zero-order valence-electron chi connectivity index (χ0n) is 31.0. The molecule has 1 atom stereocenters. The molecule has 0 saturated carbocycles. The van der Waals surface area contributed by atoms with Gasteiger partial charge in [0.05, 0.1) is 6.04 Å². The second kappa shape index (κ2) is 14.3. The fourth-order valence-corrected chi connectivity index (χ4v) is 8.36. The van der Waals surface area contributed by atoms with Gasteiger partial charge in [-0.1, -0.05) is 188 Å². The Morgan fingerprint density at radius 2 is 0.964 bits per heavy atom. The van der Waals surface area contributed by atoms with Crippen LogP contribution in [0.1, 0.15) is 22.7 Å². The lowest BCUT2D eigenvalue weighted by Crippen LogP contribution is -2.16. The van der Waals surface area contributed by atoms with Crippen molar-refractivity contribution < 1.29 is 0 Å². The highest BCUT2D eigenvalue weighted by Crippen LogP contribution is 2.39. The average Bonchev–Trinajstić information content (AvgIpc) is 3.27. The standard InChI is InChI=1S/C54H40N2/c55-52(41-25-22-38(23-26-41)37-10-2-1-3-11-37)34-53(45-29-30-48-44(32-45)27-24-39-12-4-7-15-46(39)48)56-35-36-18-20-42(21-19-36)54-49-17-9-6-14-43(49)33-51-47-16-8-5-13-40(47)28-31-50(51)54/h1-34,52,56H,35,55H2/b53-34-. The molecule has 0 aliphatic rings. The van der Waals surface area contributed by atoms with E-state index in [0.29, 0.717) is 6.54 Å². The first kappa shape index (κ1) is 33.6. The summed E-state index contributed by atoms with van der Waals surface area (Å²) in [5.41, 5.74) is 16.2. The molecule has 10 aromatic carbocycles. The largest absolute Gasteiger partial charge is 0.381 e. The topological polar surface area (TPSA) is 38.0 Å². The predicted octanol–water partition coefficient (Wildman–Crippen LogP) is 13.6. The molecule has 0 heterocycles. The van der Waals surface area contributed by atoms with Crippen LogP contribution in [0.25, 0.3) is 81.8 Å². The van der Waals surface area contributed by atoms with Crippen molar-refractivity contribution in [2.75, 3.05) is 0 Å². The predicted molar refractivity (Wildman–Crippen MR) is 239 cm³/mol. The van der Waals surface area contributed by atoms with Crippen molar-refractivity contribution in [1.82, 2.24) is 5.32 Å². The van der Waals surface area contributed by atoms with Crippen LogP contribution in [-0.2, 0) is 6.54 Å². The molecule has 3 N–H and O–H groups in total. The van der Waals surface area contributed by atoms with E-state index in [1.54, 1.807) is 0 Å². The second-order valence-electron chi connectivity index (χ2n) is 14.7. The molecule has 2 heteroatoms. The molecule has 10 aromatic rings. The van der Waals surface area contributed by atoms with E-state index in [0.717, 1.165) is 16.8 Å². The zero-order valence-corrected chi connectivity index (χ0v) is 31.0. The lowest BCUT2D eigenvalue weighted by Gasteiger charge is -2.17. The first-order chi connectivity index (χ1) is 27.7. The number of hydrogen-bond donors (Lipinski definition) is 2. The minimum absolute atomic E-state index is 0.298. The lowest BCUT2D eigenvalue weighted by molar-refractivity contribution is 0.858. The van der Waals surface area contributed by atoms with Crippen LogP contribution in [0.3, 0.4) is 0 Å². The summed E-state index contributed by atoms with van der Waals surface area (Å²) in [7, 11) is 0. The van der Waals surface area contributed by atoms with Gasteiger partial charge in [0.2, 0.25) is 0 Å². The third-order valence-electron chi connectivity index (χ3n) is 11.3. The molecule has 1 unspecified atom stereocenters. The molecule has 56 heavy (non-hydrogen) atoms. The number of hydrogen-bond acceptors (Lipinski definition) is 2. The van der Waals surface area contributed by atoms with Gasteiger partial charge in [-0.2, -0.15) is 0 Å². The quantitative estimate of drug-likeness (QED) is 0.121. The summed E-state index contributed by atoms with van der Waals surface area (Å²) in [6.07, 6.45) is 2.17. The van der Waals surface area contributed by atoms with E-state index in [-0.39, 0.29) is 6.04 Å². The molecule has 0 aromatic heterocycles. The molecule has 266 valence electrons. The fourth-order valence-electron chi connectivity index (χ4n) is 8.36. The Bertz CT molecular complexity index is 3070. The van der Waals surface area contributed by atoms with Crippen molar-refractivity contribution in [1.29, 1.82) is 0 Å². The molecule has 0 aliphatic heterocycles. The summed E-state index contributed by atoms with van der Waals surface area (Å²) in [5, 5.41) is 16.4. The first-order valence-electron chi connectivity index (χ1n) is 19.4. The smallest absolute Gasteiger partial charge is 0.0504 e. The average molecular weight is 717 g/mol. The maximum absolute atomic E-state index is 6.97. The number of fused-ring (bicyclic) bond motifs is 7. The van der Waals surface area contributed by atoms with Gasteiger partial charge in [-0.05, 0) is 111 Å². The molecule has 0 radical (unpaired) electrons. The monoisotopic (exact) mass is 716 g/mol. The molecule has 0 spiro atoms. The van der Waals surface area contributed by atoms with Gasteiger partial charge >= 0.3 is 0 Å². The van der Waals surface area contributed by atoms with E-state index >= 15 is 0 Å². The van der Waals surface area contributed by atoms with Crippen molar-refractivity contribution in [3.8, 4) is 22.3 Å². The van der Waals surface area contributed by atoms with E-state index in [1.807, 2.05) is 6.07 Å². The number of nitrogens with one attached hydrogen (secondary N) is 1. The Balaban J connectivity index is 0.994. The Morgan fingerprint density at radius 1 is 0.429 bits per heavy atom. The molecule has 0 aliphatic carbocycles. The zero-order chi connectivity index (χ0) is 37.4. The van der Waals surface area contributed by atoms with E-state index in [1.165, 1.54) is 81.7 Å². The van der Waals surface area contributed by atoms with Crippen LogP contribution in [0.5, 0.6) is 0 Å². The molecule has 0 amide bonds. The minimum atomic E-state index is -0.298. The van der Waals surface area contributed by atoms with Gasteiger partial charge in [-0.25, -0.2) is 0 Å². The Morgan fingerprint density at radius 3 is 1.71 bits per heavy atom. The van der Waals surface area contributed by atoms with Crippen molar-refractivity contribution in [3.05, 3.63) is 223 Å². The van der Waals surface area contributed by atoms with Crippen molar-refractivity contribution in [2.24, 2.45) is 5.73 Å². The van der Waals surface area contributed by atoms with Gasteiger partial charge in [0.25, 0.3) is 0 Å². The third-order valence-corrected chi connectivity index (χ3v) is 11.3. The number of nitrogens with two attached hydrogens (primary N) is 1. The minimum Gasteiger partial charge on any atom is -0.381 e. The molecule has 0 fully saturated rings. The van der Waals surface area contributed by atoms with E-state index in [2.05, 4.69) is 206 Å². The van der Waals surface area contributed by atoms with Gasteiger partial charge < -0.3 is 11.1 Å². The van der Waals surface area contributed by atoms with Gasteiger partial charge in [0.1, 0.15) is 0 Å². The molecule has 10 rings (SSSR count). The number of benzene rings is 10. The maximum Gasteiger partial charge on any atom is 0.0504 e. The highest BCUT2D eigenvalue weighted by molar-refractivity contribution is 6.20. The lowest BCUT2D eigenvalue weighted by atomic mass is 9.89. The van der Waals surface area contributed by atoms with E-state index in [4.69, 9.17) is 5.73 Å². The first-order valence-corrected chi connectivity index (χ1v) is 19.4. The van der Waals surface area contributed by atoms with Crippen LogP contribution in [-0.4, -0.2) is 0 Å². The van der Waals surface area contributed by atoms with Crippen molar-refractivity contribution >= 4 is 59.6 Å². The molecular formula is C54H40N2. The Labute approximate surface area is 327 Å². The molecule has 2 nitrogen and oxygen atoms in total. The van der Waals surface area contributed by atoms with Crippen molar-refractivity contribution in [3.63, 3.8) is 0 Å². The van der Waals surface area contributed by atoms with Gasteiger partial charge in [0.15, 0.2) is 0 Å². The summed E-state index contributed by atoms with van der Waals surface area (Å²) in [6.45, 7) is 0.655. The highest BCUT2D eigenvalue weighted by Gasteiger charge is 2.14. The summed E-state index contributed by atoms with van der Waals surface area (Å²) in [6, 6.07) is 71.9. The van der Waals surface area contributed by atoms with Crippen LogP contribution in [0.4, 0.5) is 0 Å². The van der Waals surface area contributed by atoms with Crippen LogP contribution in [0.2, 0.25) is 0 Å². The van der Waals surface area contributed by atoms with Crippen LogP contribution < -0.4 is 11.1 Å². The van der Waals surface area contributed by atoms with E-state index < -0.39 is 0 Å². The molecular weight excluding hydrogens is 677 g/mol.